The van der Waals surface area contributed by atoms with Crippen molar-refractivity contribution in [2.24, 2.45) is 0 Å². The highest BCUT2D eigenvalue weighted by molar-refractivity contribution is 9.10. The first-order chi connectivity index (χ1) is 9.39. The molecule has 0 saturated carbocycles. The molecule has 0 spiro atoms. The van der Waals surface area contributed by atoms with E-state index in [-0.39, 0.29) is 6.04 Å². The molecule has 0 heterocycles. The topological polar surface area (TPSA) is 37.4 Å². The number of hydrogen-bond donors (Lipinski definition) is 0. The zero-order valence-electron chi connectivity index (χ0n) is 11.3. The molecule has 106 valence electrons. The second-order valence-electron chi connectivity index (χ2n) is 4.62. The van der Waals surface area contributed by atoms with Crippen molar-refractivity contribution in [3.63, 3.8) is 0 Å². The summed E-state index contributed by atoms with van der Waals surface area (Å²) >= 11 is 3.38. The van der Waals surface area contributed by atoms with Crippen LogP contribution in [0.3, 0.4) is 0 Å². The monoisotopic (exact) mass is 353 g/mol. The van der Waals surface area contributed by atoms with Crippen molar-refractivity contribution in [2.45, 2.75) is 13.0 Å². The summed E-state index contributed by atoms with van der Waals surface area (Å²) in [6, 6.07) is 16.6. The molecule has 1 atom stereocenters. The minimum Gasteiger partial charge on any atom is -0.263 e. The van der Waals surface area contributed by atoms with E-state index in [0.717, 1.165) is 10.0 Å². The average molecular weight is 354 g/mol. The standard InChI is InChI=1S/C15H16BrNO2S/c1-12(13-8-10-14(16)11-9-13)17(20(2,18)19)15-6-4-3-5-7-15/h3-12H,1-2H3/t12-/m1/s1. The average Bonchev–Trinajstić information content (AvgIpc) is 2.39. The zero-order chi connectivity index (χ0) is 14.8. The lowest BCUT2D eigenvalue weighted by atomic mass is 10.1. The summed E-state index contributed by atoms with van der Waals surface area (Å²) in [6.45, 7) is 1.89. The van der Waals surface area contributed by atoms with Gasteiger partial charge in [-0.2, -0.15) is 0 Å². The van der Waals surface area contributed by atoms with Crippen LogP contribution < -0.4 is 4.31 Å². The quantitative estimate of drug-likeness (QED) is 0.833. The molecule has 0 unspecified atom stereocenters. The molecule has 0 fully saturated rings. The summed E-state index contributed by atoms with van der Waals surface area (Å²) < 4.78 is 26.7. The molecule has 3 nitrogen and oxygen atoms in total. The van der Waals surface area contributed by atoms with E-state index in [1.807, 2.05) is 49.4 Å². The molecular formula is C15H16BrNO2S. The second-order valence-corrected chi connectivity index (χ2v) is 7.40. The van der Waals surface area contributed by atoms with Crippen molar-refractivity contribution in [2.75, 3.05) is 10.6 Å². The number of hydrogen-bond acceptors (Lipinski definition) is 2. The number of benzene rings is 2. The molecule has 20 heavy (non-hydrogen) atoms. The highest BCUT2D eigenvalue weighted by Crippen LogP contribution is 2.29. The smallest absolute Gasteiger partial charge is 0.232 e. The third-order valence-electron chi connectivity index (χ3n) is 3.07. The van der Waals surface area contributed by atoms with Crippen molar-refractivity contribution < 1.29 is 8.42 Å². The largest absolute Gasteiger partial charge is 0.263 e. The molecular weight excluding hydrogens is 338 g/mol. The van der Waals surface area contributed by atoms with Gasteiger partial charge in [-0.3, -0.25) is 4.31 Å². The molecule has 0 radical (unpaired) electrons. The van der Waals surface area contributed by atoms with E-state index >= 15 is 0 Å². The fourth-order valence-electron chi connectivity index (χ4n) is 2.15. The highest BCUT2D eigenvalue weighted by Gasteiger charge is 2.24. The Balaban J connectivity index is 2.45. The Bertz CT molecular complexity index is 669. The Kier molecular flexibility index (Phi) is 4.50. The minimum absolute atomic E-state index is 0.263. The van der Waals surface area contributed by atoms with Gasteiger partial charge in [0.05, 0.1) is 18.0 Å². The summed E-state index contributed by atoms with van der Waals surface area (Å²) in [5.74, 6) is 0. The van der Waals surface area contributed by atoms with E-state index in [4.69, 9.17) is 0 Å². The number of sulfonamides is 1. The van der Waals surface area contributed by atoms with E-state index in [1.165, 1.54) is 10.6 Å². The van der Waals surface area contributed by atoms with Crippen LogP contribution in [0.1, 0.15) is 18.5 Å². The summed E-state index contributed by atoms with van der Waals surface area (Å²) in [7, 11) is -3.35. The second kappa shape index (κ2) is 5.97. The van der Waals surface area contributed by atoms with E-state index < -0.39 is 10.0 Å². The van der Waals surface area contributed by atoms with Gasteiger partial charge >= 0.3 is 0 Å². The molecule has 0 aromatic heterocycles. The van der Waals surface area contributed by atoms with Crippen molar-refractivity contribution in [1.29, 1.82) is 0 Å². The molecule has 0 saturated heterocycles. The number of rotatable bonds is 4. The Hall–Kier alpha value is -1.33. The van der Waals surface area contributed by atoms with E-state index in [0.29, 0.717) is 5.69 Å². The molecule has 0 N–H and O–H groups in total. The summed E-state index contributed by atoms with van der Waals surface area (Å²) in [5.41, 5.74) is 1.62. The van der Waals surface area contributed by atoms with Gasteiger partial charge in [0.1, 0.15) is 0 Å². The Morgan fingerprint density at radius 3 is 2.05 bits per heavy atom. The van der Waals surface area contributed by atoms with E-state index in [9.17, 15) is 8.42 Å². The Labute approximate surface area is 128 Å². The van der Waals surface area contributed by atoms with Gasteiger partial charge in [-0.1, -0.05) is 46.3 Å². The summed E-state index contributed by atoms with van der Waals surface area (Å²) in [5, 5.41) is 0. The molecule has 0 bridgehead atoms. The van der Waals surface area contributed by atoms with Gasteiger partial charge in [-0.15, -0.1) is 0 Å². The predicted octanol–water partition coefficient (Wildman–Crippen LogP) is 3.98. The first-order valence-electron chi connectivity index (χ1n) is 6.19. The van der Waals surface area contributed by atoms with Crippen molar-refractivity contribution in [1.82, 2.24) is 0 Å². The minimum atomic E-state index is -3.35. The fraction of sp³-hybridized carbons (Fsp3) is 0.200. The maximum atomic E-state index is 12.1. The van der Waals surface area contributed by atoms with Gasteiger partial charge in [0, 0.05) is 4.47 Å². The van der Waals surface area contributed by atoms with Crippen LogP contribution in [-0.4, -0.2) is 14.7 Å². The Morgan fingerprint density at radius 1 is 1.00 bits per heavy atom. The van der Waals surface area contributed by atoms with Crippen molar-refractivity contribution >= 4 is 31.6 Å². The van der Waals surface area contributed by atoms with Gasteiger partial charge < -0.3 is 0 Å². The number of halogens is 1. The molecule has 0 aliphatic heterocycles. The highest BCUT2D eigenvalue weighted by atomic mass is 79.9. The number of nitrogens with zero attached hydrogens (tertiary/aromatic N) is 1. The van der Waals surface area contributed by atoms with Gasteiger partial charge in [-0.05, 0) is 36.8 Å². The first-order valence-corrected chi connectivity index (χ1v) is 8.83. The van der Waals surface area contributed by atoms with Crippen LogP contribution in [-0.2, 0) is 10.0 Å². The number of para-hydroxylation sites is 1. The lowest BCUT2D eigenvalue weighted by Gasteiger charge is -2.29. The van der Waals surface area contributed by atoms with Crippen LogP contribution in [0.25, 0.3) is 0 Å². The van der Waals surface area contributed by atoms with Crippen LogP contribution in [0.15, 0.2) is 59.1 Å². The van der Waals surface area contributed by atoms with Crippen LogP contribution in [0.5, 0.6) is 0 Å². The predicted molar refractivity (Wildman–Crippen MR) is 86.3 cm³/mol. The molecule has 2 rings (SSSR count). The molecule has 0 aliphatic carbocycles. The maximum absolute atomic E-state index is 12.1. The summed E-state index contributed by atoms with van der Waals surface area (Å²) in [6.07, 6.45) is 1.23. The van der Waals surface area contributed by atoms with E-state index in [1.54, 1.807) is 12.1 Å². The fourth-order valence-corrected chi connectivity index (χ4v) is 3.62. The zero-order valence-corrected chi connectivity index (χ0v) is 13.7. The normalized spacial score (nSPS) is 12.9. The first kappa shape index (κ1) is 15.1. The molecule has 0 amide bonds. The molecule has 2 aromatic carbocycles. The van der Waals surface area contributed by atoms with Gasteiger partial charge in [0.25, 0.3) is 0 Å². The maximum Gasteiger partial charge on any atom is 0.232 e. The van der Waals surface area contributed by atoms with Gasteiger partial charge in [0.2, 0.25) is 10.0 Å². The lowest BCUT2D eigenvalue weighted by molar-refractivity contribution is 0.589. The van der Waals surface area contributed by atoms with Crippen LogP contribution in [0.4, 0.5) is 5.69 Å². The molecule has 0 aliphatic rings. The van der Waals surface area contributed by atoms with Crippen LogP contribution in [0.2, 0.25) is 0 Å². The summed E-state index contributed by atoms with van der Waals surface area (Å²) in [4.78, 5) is 0. The number of anilines is 1. The SMILES string of the molecule is C[C@H](c1ccc(Br)cc1)N(c1ccccc1)S(C)(=O)=O. The Morgan fingerprint density at radius 2 is 1.55 bits per heavy atom. The van der Waals surface area contributed by atoms with Crippen LogP contribution in [0, 0.1) is 0 Å². The third kappa shape index (κ3) is 3.41. The molecule has 2 aromatic rings. The van der Waals surface area contributed by atoms with Gasteiger partial charge in [0.15, 0.2) is 0 Å². The molecule has 5 heteroatoms. The van der Waals surface area contributed by atoms with Crippen molar-refractivity contribution in [3.8, 4) is 0 Å². The van der Waals surface area contributed by atoms with E-state index in [2.05, 4.69) is 15.9 Å². The van der Waals surface area contributed by atoms with Crippen molar-refractivity contribution in [3.05, 3.63) is 64.6 Å². The lowest BCUT2D eigenvalue weighted by Crippen LogP contribution is -2.32. The van der Waals surface area contributed by atoms with Crippen LogP contribution >= 0.6 is 15.9 Å². The third-order valence-corrected chi connectivity index (χ3v) is 4.84. The van der Waals surface area contributed by atoms with Gasteiger partial charge in [-0.25, -0.2) is 8.42 Å².